The van der Waals surface area contributed by atoms with Crippen LogP contribution in [0.5, 0.6) is 0 Å². The van der Waals surface area contributed by atoms with Gasteiger partial charge in [-0.25, -0.2) is 9.97 Å². The van der Waals surface area contributed by atoms with Gasteiger partial charge in [-0.3, -0.25) is 9.98 Å². The molecule has 5 nitrogen and oxygen atoms in total. The van der Waals surface area contributed by atoms with Crippen LogP contribution in [-0.4, -0.2) is 26.7 Å². The van der Waals surface area contributed by atoms with Gasteiger partial charge in [-0.1, -0.05) is 37.1 Å². The molecule has 2 aromatic rings. The Bertz CT molecular complexity index is 687. The molecule has 0 radical (unpaired) electrons. The van der Waals surface area contributed by atoms with E-state index in [-0.39, 0.29) is 10.2 Å². The third-order valence-electron chi connectivity index (χ3n) is 4.80. The molecule has 2 unspecified atom stereocenters. The van der Waals surface area contributed by atoms with Crippen molar-refractivity contribution in [3.63, 3.8) is 0 Å². The van der Waals surface area contributed by atoms with Gasteiger partial charge in [-0.2, -0.15) is 0 Å². The van der Waals surface area contributed by atoms with Crippen molar-refractivity contribution >= 4 is 23.9 Å². The van der Waals surface area contributed by atoms with Crippen molar-refractivity contribution < 1.29 is 0 Å². The van der Waals surface area contributed by atoms with Crippen molar-refractivity contribution in [2.24, 2.45) is 10.9 Å². The molecule has 1 fully saturated rings. The molecular formula is C18H21N5S. The summed E-state index contributed by atoms with van der Waals surface area (Å²) in [5.74, 6) is 1.20. The maximum Gasteiger partial charge on any atom is 0.224 e. The number of rotatable bonds is 4. The van der Waals surface area contributed by atoms with Crippen LogP contribution in [-0.2, 0) is 4.75 Å². The Hall–Kier alpha value is -1.95. The molecule has 0 amide bonds. The van der Waals surface area contributed by atoms with E-state index >= 15 is 0 Å². The molecule has 0 aromatic carbocycles. The van der Waals surface area contributed by atoms with E-state index in [0.29, 0.717) is 11.9 Å². The number of thioether (sulfide) groups is 1. The van der Waals surface area contributed by atoms with Gasteiger partial charge in [0.15, 0.2) is 5.50 Å². The first-order chi connectivity index (χ1) is 11.9. The first-order valence-electron chi connectivity index (χ1n) is 8.54. The van der Waals surface area contributed by atoms with E-state index in [0.717, 1.165) is 5.69 Å². The molecule has 6 heteroatoms. The average molecular weight is 339 g/mol. The molecule has 0 spiro atoms. The molecule has 0 saturated heterocycles. The van der Waals surface area contributed by atoms with Crippen LogP contribution in [0.1, 0.15) is 37.8 Å². The predicted octanol–water partition coefficient (Wildman–Crippen LogP) is 3.86. The Morgan fingerprint density at radius 1 is 0.958 bits per heavy atom. The molecule has 4 rings (SSSR count). The normalized spacial score (nSPS) is 27.2. The van der Waals surface area contributed by atoms with Crippen LogP contribution in [0.4, 0.5) is 5.95 Å². The summed E-state index contributed by atoms with van der Waals surface area (Å²) >= 11 is 1.84. The van der Waals surface area contributed by atoms with Crippen LogP contribution in [0.2, 0.25) is 0 Å². The van der Waals surface area contributed by atoms with Gasteiger partial charge in [0.1, 0.15) is 0 Å². The quantitative estimate of drug-likeness (QED) is 0.916. The molecule has 3 heterocycles. The number of pyridine rings is 1. The van der Waals surface area contributed by atoms with Crippen LogP contribution in [0.15, 0.2) is 47.8 Å². The van der Waals surface area contributed by atoms with E-state index in [1.54, 1.807) is 12.4 Å². The minimum Gasteiger partial charge on any atom is -0.324 e. The zero-order valence-electron chi connectivity index (χ0n) is 13.5. The molecular weight excluding hydrogens is 318 g/mol. The number of aliphatic imine (C=N–C) groups is 1. The lowest BCUT2D eigenvalue weighted by Gasteiger charge is -2.37. The van der Waals surface area contributed by atoms with Gasteiger partial charge in [-0.15, -0.1) is 0 Å². The van der Waals surface area contributed by atoms with Crippen molar-refractivity contribution in [2.45, 2.75) is 42.3 Å². The number of hydrogen-bond donors (Lipinski definition) is 1. The van der Waals surface area contributed by atoms with Crippen LogP contribution in [0, 0.1) is 5.92 Å². The standard InChI is InChI=1S/C18H21N5S/c1-2-7-14(8-3-1)18(15-9-4-5-10-19-15)13-22-17(24-18)23-16-20-11-6-12-21-16/h4-6,9-14,17H,1-3,7-8H2,(H,20,21,23). The van der Waals surface area contributed by atoms with Crippen molar-refractivity contribution in [3.8, 4) is 0 Å². The Labute approximate surface area is 146 Å². The van der Waals surface area contributed by atoms with E-state index in [4.69, 9.17) is 4.99 Å². The van der Waals surface area contributed by atoms with Gasteiger partial charge in [-0.05, 0) is 37.0 Å². The third kappa shape index (κ3) is 3.02. The summed E-state index contributed by atoms with van der Waals surface area (Å²) in [7, 11) is 0. The van der Waals surface area contributed by atoms with Crippen LogP contribution >= 0.6 is 11.8 Å². The highest BCUT2D eigenvalue weighted by Gasteiger charge is 2.46. The molecule has 1 aliphatic carbocycles. The fourth-order valence-electron chi connectivity index (χ4n) is 3.64. The fraction of sp³-hybridized carbons (Fsp3) is 0.444. The Morgan fingerprint density at radius 2 is 1.75 bits per heavy atom. The van der Waals surface area contributed by atoms with Crippen LogP contribution in [0.25, 0.3) is 0 Å². The highest BCUT2D eigenvalue weighted by molar-refractivity contribution is 8.01. The predicted molar refractivity (Wildman–Crippen MR) is 98.0 cm³/mol. The van der Waals surface area contributed by atoms with Gasteiger partial charge < -0.3 is 5.32 Å². The molecule has 1 N–H and O–H groups in total. The summed E-state index contributed by atoms with van der Waals surface area (Å²) in [6.07, 6.45) is 13.9. The Kier molecular flexibility index (Phi) is 4.47. The van der Waals surface area contributed by atoms with Crippen LogP contribution < -0.4 is 5.32 Å². The average Bonchev–Trinajstić information content (AvgIpc) is 3.09. The third-order valence-corrected chi connectivity index (χ3v) is 6.30. The first kappa shape index (κ1) is 15.6. The zero-order chi connectivity index (χ0) is 16.2. The van der Waals surface area contributed by atoms with Crippen molar-refractivity contribution in [2.75, 3.05) is 5.32 Å². The SMILES string of the molecule is C1=NC(Nc2ncccn2)SC1(c1ccccn1)C1CCCCC1. The fourth-order valence-corrected chi connectivity index (χ4v) is 5.08. The monoisotopic (exact) mass is 339 g/mol. The van der Waals surface area contributed by atoms with Crippen molar-refractivity contribution in [1.82, 2.24) is 15.0 Å². The smallest absolute Gasteiger partial charge is 0.224 e. The van der Waals surface area contributed by atoms with Gasteiger partial charge >= 0.3 is 0 Å². The summed E-state index contributed by atoms with van der Waals surface area (Å²) in [6.45, 7) is 0. The molecule has 24 heavy (non-hydrogen) atoms. The van der Waals surface area contributed by atoms with E-state index < -0.39 is 0 Å². The van der Waals surface area contributed by atoms with Gasteiger partial charge in [0.05, 0.1) is 10.4 Å². The Morgan fingerprint density at radius 3 is 2.50 bits per heavy atom. The van der Waals surface area contributed by atoms with E-state index in [1.165, 1.54) is 32.1 Å². The minimum absolute atomic E-state index is 0.0728. The maximum atomic E-state index is 4.74. The second kappa shape index (κ2) is 6.89. The lowest BCUT2D eigenvalue weighted by molar-refractivity contribution is 0.324. The van der Waals surface area contributed by atoms with Crippen molar-refractivity contribution in [3.05, 3.63) is 48.5 Å². The number of aromatic nitrogens is 3. The second-order valence-corrected chi connectivity index (χ2v) is 7.67. The molecule has 2 aliphatic rings. The highest BCUT2D eigenvalue weighted by Crippen LogP contribution is 2.51. The molecule has 1 aliphatic heterocycles. The number of nitrogens with zero attached hydrogens (tertiary/aromatic N) is 4. The second-order valence-electron chi connectivity index (χ2n) is 6.31. The summed E-state index contributed by atoms with van der Waals surface area (Å²) in [5, 5.41) is 3.32. The number of anilines is 1. The molecule has 0 bridgehead atoms. The molecule has 124 valence electrons. The van der Waals surface area contributed by atoms with Gasteiger partial charge in [0.25, 0.3) is 0 Å². The largest absolute Gasteiger partial charge is 0.324 e. The summed E-state index contributed by atoms with van der Waals surface area (Å²) < 4.78 is -0.145. The topological polar surface area (TPSA) is 63.1 Å². The number of nitrogens with one attached hydrogen (secondary N) is 1. The van der Waals surface area contributed by atoms with Crippen molar-refractivity contribution in [1.29, 1.82) is 0 Å². The molecule has 2 atom stereocenters. The molecule has 2 aromatic heterocycles. The first-order valence-corrected chi connectivity index (χ1v) is 9.42. The molecule has 1 saturated carbocycles. The summed E-state index contributed by atoms with van der Waals surface area (Å²) in [5.41, 5.74) is 1.04. The van der Waals surface area contributed by atoms with E-state index in [1.807, 2.05) is 30.1 Å². The van der Waals surface area contributed by atoms with E-state index in [2.05, 4.69) is 38.6 Å². The summed E-state index contributed by atoms with van der Waals surface area (Å²) in [4.78, 5) is 17.9. The van der Waals surface area contributed by atoms with Gasteiger partial charge in [0, 0.05) is 24.8 Å². The Balaban J connectivity index is 1.60. The van der Waals surface area contributed by atoms with Gasteiger partial charge in [0.2, 0.25) is 5.95 Å². The number of hydrogen-bond acceptors (Lipinski definition) is 6. The van der Waals surface area contributed by atoms with E-state index in [9.17, 15) is 0 Å². The zero-order valence-corrected chi connectivity index (χ0v) is 14.3. The summed E-state index contributed by atoms with van der Waals surface area (Å²) in [6, 6.07) is 8.00. The maximum absolute atomic E-state index is 4.74. The lowest BCUT2D eigenvalue weighted by Crippen LogP contribution is -2.35. The highest BCUT2D eigenvalue weighted by atomic mass is 32.2. The lowest BCUT2D eigenvalue weighted by atomic mass is 9.78. The minimum atomic E-state index is -0.145. The van der Waals surface area contributed by atoms with Crippen LogP contribution in [0.3, 0.4) is 0 Å².